The molecule has 1 aromatic carbocycles. The zero-order valence-corrected chi connectivity index (χ0v) is 17.9. The minimum atomic E-state index is -0.438. The lowest BCUT2D eigenvalue weighted by Crippen LogP contribution is -2.65. The number of β-lactam (4-membered cyclic amide) rings is 1. The number of rotatable bonds is 5. The molecule has 27 heavy (non-hydrogen) atoms. The third kappa shape index (κ3) is 3.11. The molecule has 4 rings (SSSR count). The predicted octanol–water partition coefficient (Wildman–Crippen LogP) is 5.03. The van der Waals surface area contributed by atoms with E-state index < -0.39 is 6.10 Å². The molecule has 1 amide bonds. The van der Waals surface area contributed by atoms with E-state index in [0.29, 0.717) is 11.3 Å². The van der Waals surface area contributed by atoms with E-state index >= 15 is 0 Å². The van der Waals surface area contributed by atoms with Gasteiger partial charge in [-0.3, -0.25) is 4.79 Å². The van der Waals surface area contributed by atoms with E-state index in [-0.39, 0.29) is 22.4 Å². The number of nitrogens with zero attached hydrogens (tertiary/aromatic N) is 1. The van der Waals surface area contributed by atoms with E-state index in [4.69, 9.17) is 4.74 Å². The van der Waals surface area contributed by atoms with Crippen LogP contribution in [0.25, 0.3) is 6.08 Å². The van der Waals surface area contributed by atoms with Gasteiger partial charge in [-0.05, 0) is 42.6 Å². The van der Waals surface area contributed by atoms with Gasteiger partial charge in [-0.25, -0.2) is 0 Å². The highest BCUT2D eigenvalue weighted by atomic mass is 79.9. The number of alkyl halides is 1. The summed E-state index contributed by atoms with van der Waals surface area (Å²) in [4.78, 5) is 14.6. The molecule has 0 radical (unpaired) electrons. The van der Waals surface area contributed by atoms with Crippen LogP contribution in [-0.2, 0) is 9.53 Å². The minimum absolute atomic E-state index is 0.00539. The van der Waals surface area contributed by atoms with Crippen molar-refractivity contribution in [3.63, 3.8) is 0 Å². The summed E-state index contributed by atoms with van der Waals surface area (Å²) in [6.45, 7) is 10.7. The first-order valence-electron chi connectivity index (χ1n) is 9.78. The molecule has 0 N–H and O–H groups in total. The second-order valence-corrected chi connectivity index (χ2v) is 10.1. The van der Waals surface area contributed by atoms with Gasteiger partial charge in [-0.15, -0.1) is 0 Å². The second-order valence-electron chi connectivity index (χ2n) is 8.98. The Kier molecular flexibility index (Phi) is 4.63. The first kappa shape index (κ1) is 18.9. The van der Waals surface area contributed by atoms with Crippen LogP contribution < -0.4 is 0 Å². The number of hydrogen-bond acceptors (Lipinski definition) is 2. The monoisotopic (exact) mass is 429 g/mol. The highest BCUT2D eigenvalue weighted by molar-refractivity contribution is 9.09. The summed E-state index contributed by atoms with van der Waals surface area (Å²) in [7, 11) is 0. The Morgan fingerprint density at radius 1 is 1.22 bits per heavy atom. The Hall–Kier alpha value is -1.39. The topological polar surface area (TPSA) is 29.5 Å². The van der Waals surface area contributed by atoms with Gasteiger partial charge < -0.3 is 9.64 Å². The highest BCUT2D eigenvalue weighted by Gasteiger charge is 2.65. The smallest absolute Gasteiger partial charge is 0.258 e. The summed E-state index contributed by atoms with van der Waals surface area (Å²) in [5.41, 5.74) is 1.20. The lowest BCUT2D eigenvalue weighted by molar-refractivity contribution is -0.186. The molecule has 4 heteroatoms. The van der Waals surface area contributed by atoms with E-state index in [2.05, 4.69) is 67.6 Å². The van der Waals surface area contributed by atoms with Crippen LogP contribution in [0.4, 0.5) is 0 Å². The third-order valence-corrected chi connectivity index (χ3v) is 8.39. The predicted molar refractivity (Wildman–Crippen MR) is 112 cm³/mol. The molecular weight excluding hydrogens is 402 g/mol. The standard InChI is InChI=1S/C23H28BrNO2/c1-5-25-18(12-11-15-9-7-6-8-10-15)20(21(25)26)27-23(4)14-17-16(13-19(23)24)22(17,2)3/h5-12,16-20H,1,13-14H2,2-4H3/b12-11+/t16-,17+,18-,19-,20+,23-/m1/s1. The van der Waals surface area contributed by atoms with Crippen molar-refractivity contribution in [1.82, 2.24) is 4.90 Å². The third-order valence-electron chi connectivity index (χ3n) is 7.04. The van der Waals surface area contributed by atoms with Gasteiger partial charge in [0, 0.05) is 11.0 Å². The molecule has 3 fully saturated rings. The molecule has 0 aromatic heterocycles. The van der Waals surface area contributed by atoms with Crippen LogP contribution in [0, 0.1) is 17.3 Å². The van der Waals surface area contributed by atoms with Crippen LogP contribution in [0.15, 0.2) is 49.2 Å². The van der Waals surface area contributed by atoms with Gasteiger partial charge >= 0.3 is 0 Å². The molecule has 144 valence electrons. The summed E-state index contributed by atoms with van der Waals surface area (Å²) in [5.74, 6) is 1.47. The maximum Gasteiger partial charge on any atom is 0.258 e. The number of hydrogen-bond donors (Lipinski definition) is 0. The van der Waals surface area contributed by atoms with Crippen LogP contribution in [0.5, 0.6) is 0 Å². The lowest BCUT2D eigenvalue weighted by atomic mass is 9.85. The number of halogens is 1. The van der Waals surface area contributed by atoms with Gasteiger partial charge in [0.1, 0.15) is 0 Å². The number of amides is 1. The fourth-order valence-corrected chi connectivity index (χ4v) is 5.68. The summed E-state index contributed by atoms with van der Waals surface area (Å²) in [6.07, 6.45) is 7.41. The van der Waals surface area contributed by atoms with Gasteiger partial charge in [-0.2, -0.15) is 0 Å². The van der Waals surface area contributed by atoms with E-state index in [1.165, 1.54) is 0 Å². The Bertz CT molecular complexity index is 774. The summed E-state index contributed by atoms with van der Waals surface area (Å²) < 4.78 is 6.53. The maximum absolute atomic E-state index is 12.6. The first-order chi connectivity index (χ1) is 12.8. The van der Waals surface area contributed by atoms with Crippen molar-refractivity contribution in [3.8, 4) is 0 Å². The molecule has 1 saturated heterocycles. The molecule has 0 bridgehead atoms. The Balaban J connectivity index is 1.50. The largest absolute Gasteiger partial charge is 0.358 e. The van der Waals surface area contributed by atoms with Gasteiger partial charge in [0.25, 0.3) is 5.91 Å². The van der Waals surface area contributed by atoms with Crippen LogP contribution in [-0.4, -0.2) is 33.4 Å². The average molecular weight is 430 g/mol. The molecule has 2 saturated carbocycles. The van der Waals surface area contributed by atoms with Crippen molar-refractivity contribution in [2.24, 2.45) is 17.3 Å². The molecule has 0 spiro atoms. The average Bonchev–Trinajstić information content (AvgIpc) is 3.16. The van der Waals surface area contributed by atoms with E-state index in [0.717, 1.165) is 24.3 Å². The van der Waals surface area contributed by atoms with Crippen molar-refractivity contribution in [3.05, 3.63) is 54.8 Å². The van der Waals surface area contributed by atoms with E-state index in [1.807, 2.05) is 18.2 Å². The van der Waals surface area contributed by atoms with Crippen molar-refractivity contribution in [1.29, 1.82) is 0 Å². The fourth-order valence-electron chi connectivity index (χ4n) is 4.98. The SMILES string of the molecule is C=CN1C(=O)[C@@H](O[C@]2(C)C[C@H]3[C@@H](C[C@H]2Br)C3(C)C)[C@H]1/C=C/c1ccccc1. The van der Waals surface area contributed by atoms with Crippen molar-refractivity contribution in [2.75, 3.05) is 0 Å². The van der Waals surface area contributed by atoms with Crippen molar-refractivity contribution in [2.45, 2.75) is 56.2 Å². The molecule has 6 atom stereocenters. The minimum Gasteiger partial charge on any atom is -0.358 e. The van der Waals surface area contributed by atoms with E-state index in [1.54, 1.807) is 11.1 Å². The Labute approximate surface area is 170 Å². The van der Waals surface area contributed by atoms with Gasteiger partial charge in [0.05, 0.1) is 11.6 Å². The number of ether oxygens (including phenoxy) is 1. The molecule has 0 unspecified atom stereocenters. The maximum atomic E-state index is 12.6. The first-order valence-corrected chi connectivity index (χ1v) is 10.7. The van der Waals surface area contributed by atoms with Gasteiger partial charge in [0.2, 0.25) is 0 Å². The number of carbonyl (C=O) groups is 1. The molecule has 2 aliphatic carbocycles. The van der Waals surface area contributed by atoms with Crippen LogP contribution in [0.3, 0.4) is 0 Å². The number of benzene rings is 1. The molecule has 1 heterocycles. The van der Waals surface area contributed by atoms with Gasteiger partial charge in [-0.1, -0.05) is 78.8 Å². The second kappa shape index (κ2) is 6.59. The zero-order chi connectivity index (χ0) is 19.4. The molecule has 3 nitrogen and oxygen atoms in total. The van der Waals surface area contributed by atoms with Crippen LogP contribution in [0.2, 0.25) is 0 Å². The molecular formula is C23H28BrNO2. The quantitative estimate of drug-likeness (QED) is 0.485. The fraction of sp³-hybridized carbons (Fsp3) is 0.522. The van der Waals surface area contributed by atoms with Crippen LogP contribution >= 0.6 is 15.9 Å². The van der Waals surface area contributed by atoms with E-state index in [9.17, 15) is 4.79 Å². The van der Waals surface area contributed by atoms with Crippen LogP contribution in [0.1, 0.15) is 39.2 Å². The summed E-state index contributed by atoms with van der Waals surface area (Å²) >= 11 is 3.87. The lowest BCUT2D eigenvalue weighted by Gasteiger charge is -2.49. The number of carbonyl (C=O) groups excluding carboxylic acids is 1. The molecule has 1 aromatic rings. The highest BCUT2D eigenvalue weighted by Crippen LogP contribution is 2.68. The molecule has 1 aliphatic heterocycles. The number of likely N-dealkylation sites (tertiary alicyclic amines) is 1. The van der Waals surface area contributed by atoms with Gasteiger partial charge in [0.15, 0.2) is 6.10 Å². The summed E-state index contributed by atoms with van der Waals surface area (Å²) in [5, 5.41) is 0. The normalized spacial score (nSPS) is 39.8. The Morgan fingerprint density at radius 3 is 2.59 bits per heavy atom. The number of fused-ring (bicyclic) bond motifs is 1. The Morgan fingerprint density at radius 2 is 1.93 bits per heavy atom. The molecule has 3 aliphatic rings. The summed E-state index contributed by atoms with van der Waals surface area (Å²) in [6, 6.07) is 10.0. The van der Waals surface area contributed by atoms with Crippen molar-refractivity contribution >= 4 is 27.9 Å². The zero-order valence-electron chi connectivity index (χ0n) is 16.3. The van der Waals surface area contributed by atoms with Crippen molar-refractivity contribution < 1.29 is 9.53 Å².